The number of rotatable bonds is 5. The van der Waals surface area contributed by atoms with Gasteiger partial charge in [0.2, 0.25) is 0 Å². The summed E-state index contributed by atoms with van der Waals surface area (Å²) in [5.74, 6) is -0.610. The van der Waals surface area contributed by atoms with E-state index >= 15 is 0 Å². The summed E-state index contributed by atoms with van der Waals surface area (Å²) in [6.07, 6.45) is -4.74. The summed E-state index contributed by atoms with van der Waals surface area (Å²) >= 11 is 0. The molecule has 1 atom stereocenters. The van der Waals surface area contributed by atoms with Gasteiger partial charge in [0, 0.05) is 0 Å². The lowest BCUT2D eigenvalue weighted by molar-refractivity contribution is -0.274. The molecule has 1 amide bonds. The first-order chi connectivity index (χ1) is 13.7. The number of para-hydroxylation sites is 1. The van der Waals surface area contributed by atoms with Crippen LogP contribution >= 0.6 is 0 Å². The van der Waals surface area contributed by atoms with E-state index in [0.29, 0.717) is 22.5 Å². The smallest absolute Gasteiger partial charge is 0.406 e. The summed E-state index contributed by atoms with van der Waals surface area (Å²) in [6.45, 7) is 5.33. The summed E-state index contributed by atoms with van der Waals surface area (Å²) in [5.41, 5.74) is 3.26. The number of alkyl halides is 3. The zero-order chi connectivity index (χ0) is 21.2. The highest BCUT2D eigenvalue weighted by molar-refractivity contribution is 5.96. The summed E-state index contributed by atoms with van der Waals surface area (Å²) in [4.78, 5) is 12.8. The molecule has 0 saturated carbocycles. The second-order valence-corrected chi connectivity index (χ2v) is 6.61. The molecule has 0 saturated heterocycles. The summed E-state index contributed by atoms with van der Waals surface area (Å²) in [5, 5.41) is 7.33. The Kier molecular flexibility index (Phi) is 5.63. The standard InChI is InChI=1S/C21H20F3N3O2/c1-13(16-9-11-18(12-10-16)29-21(22,23)24)25-20(28)19-14(2)26-27(15(19)3)17-7-5-4-6-8-17/h4-13H,1-3H3,(H,25,28). The third-order valence-corrected chi connectivity index (χ3v) is 4.48. The van der Waals surface area contributed by atoms with Crippen molar-refractivity contribution in [3.63, 3.8) is 0 Å². The fourth-order valence-electron chi connectivity index (χ4n) is 3.10. The van der Waals surface area contributed by atoms with Gasteiger partial charge >= 0.3 is 6.36 Å². The third-order valence-electron chi connectivity index (χ3n) is 4.48. The highest BCUT2D eigenvalue weighted by Crippen LogP contribution is 2.25. The van der Waals surface area contributed by atoms with E-state index in [9.17, 15) is 18.0 Å². The number of carbonyl (C=O) groups is 1. The number of halogens is 3. The Bertz CT molecular complexity index is 997. The van der Waals surface area contributed by atoms with Gasteiger partial charge in [0.25, 0.3) is 5.91 Å². The van der Waals surface area contributed by atoms with Crippen LogP contribution in [0.25, 0.3) is 5.69 Å². The Morgan fingerprint density at radius 1 is 1.07 bits per heavy atom. The SMILES string of the molecule is Cc1nn(-c2ccccc2)c(C)c1C(=O)NC(C)c1ccc(OC(F)(F)F)cc1. The lowest BCUT2D eigenvalue weighted by Gasteiger charge is -2.16. The second kappa shape index (κ2) is 7.98. The topological polar surface area (TPSA) is 56.2 Å². The van der Waals surface area contributed by atoms with Gasteiger partial charge in [0.05, 0.1) is 28.7 Å². The molecule has 1 heterocycles. The number of aromatic nitrogens is 2. The molecule has 0 spiro atoms. The van der Waals surface area contributed by atoms with Crippen LogP contribution in [0.4, 0.5) is 13.2 Å². The Hall–Kier alpha value is -3.29. The number of hydrogen-bond donors (Lipinski definition) is 1. The van der Waals surface area contributed by atoms with Crippen molar-refractivity contribution in [3.05, 3.63) is 77.1 Å². The van der Waals surface area contributed by atoms with Gasteiger partial charge in [-0.2, -0.15) is 5.10 Å². The maximum atomic E-state index is 12.8. The number of nitrogens with one attached hydrogen (secondary N) is 1. The van der Waals surface area contributed by atoms with Crippen LogP contribution in [0.5, 0.6) is 5.75 Å². The van der Waals surface area contributed by atoms with Gasteiger partial charge in [-0.3, -0.25) is 4.79 Å². The molecule has 3 aromatic rings. The van der Waals surface area contributed by atoms with Crippen LogP contribution in [0, 0.1) is 13.8 Å². The molecule has 1 N–H and O–H groups in total. The molecule has 1 unspecified atom stereocenters. The zero-order valence-corrected chi connectivity index (χ0v) is 16.1. The quantitative estimate of drug-likeness (QED) is 0.661. The molecular weight excluding hydrogens is 383 g/mol. The van der Waals surface area contributed by atoms with Crippen molar-refractivity contribution >= 4 is 5.91 Å². The molecule has 0 fully saturated rings. The van der Waals surface area contributed by atoms with Crippen LogP contribution in [0.3, 0.4) is 0 Å². The molecule has 5 nitrogen and oxygen atoms in total. The maximum Gasteiger partial charge on any atom is 0.573 e. The summed E-state index contributed by atoms with van der Waals surface area (Å²) in [7, 11) is 0. The fraction of sp³-hybridized carbons (Fsp3) is 0.238. The van der Waals surface area contributed by atoms with Crippen molar-refractivity contribution in [3.8, 4) is 11.4 Å². The van der Waals surface area contributed by atoms with Crippen molar-refractivity contribution in [2.45, 2.75) is 33.2 Å². The van der Waals surface area contributed by atoms with Crippen molar-refractivity contribution < 1.29 is 22.7 Å². The third kappa shape index (κ3) is 4.77. The highest BCUT2D eigenvalue weighted by atomic mass is 19.4. The minimum absolute atomic E-state index is 0.301. The van der Waals surface area contributed by atoms with Gasteiger partial charge in [0.1, 0.15) is 5.75 Å². The number of hydrogen-bond acceptors (Lipinski definition) is 3. The predicted octanol–water partition coefficient (Wildman–Crippen LogP) is 4.88. The average Bonchev–Trinajstić information content (AvgIpc) is 2.96. The Labute approximate surface area is 166 Å². The van der Waals surface area contributed by atoms with Gasteiger partial charge in [-0.05, 0) is 50.6 Å². The van der Waals surface area contributed by atoms with E-state index in [2.05, 4.69) is 15.2 Å². The number of amides is 1. The number of nitrogens with zero attached hydrogens (tertiary/aromatic N) is 2. The monoisotopic (exact) mass is 403 g/mol. The van der Waals surface area contributed by atoms with Crippen LogP contribution in [-0.4, -0.2) is 22.1 Å². The second-order valence-electron chi connectivity index (χ2n) is 6.61. The number of carbonyl (C=O) groups excluding carboxylic acids is 1. The minimum atomic E-state index is -4.74. The Balaban J connectivity index is 1.76. The lowest BCUT2D eigenvalue weighted by Crippen LogP contribution is -2.27. The molecular formula is C21H20F3N3O2. The van der Waals surface area contributed by atoms with E-state index in [4.69, 9.17) is 0 Å². The normalized spacial score (nSPS) is 12.5. The number of ether oxygens (including phenoxy) is 1. The van der Waals surface area contributed by atoms with Crippen molar-refractivity contribution in [1.29, 1.82) is 0 Å². The van der Waals surface area contributed by atoms with Crippen LogP contribution in [-0.2, 0) is 0 Å². The van der Waals surface area contributed by atoms with E-state index in [1.807, 2.05) is 37.3 Å². The highest BCUT2D eigenvalue weighted by Gasteiger charge is 2.31. The molecule has 1 aromatic heterocycles. The van der Waals surface area contributed by atoms with Crippen LogP contribution < -0.4 is 10.1 Å². The predicted molar refractivity (Wildman–Crippen MR) is 102 cm³/mol. The molecule has 0 aliphatic heterocycles. The van der Waals surface area contributed by atoms with Crippen LogP contribution in [0.1, 0.15) is 40.3 Å². The van der Waals surface area contributed by atoms with Gasteiger partial charge in [-0.15, -0.1) is 13.2 Å². The molecule has 0 radical (unpaired) electrons. The number of benzene rings is 2. The van der Waals surface area contributed by atoms with Gasteiger partial charge in [0.15, 0.2) is 0 Å². The largest absolute Gasteiger partial charge is 0.573 e. The lowest BCUT2D eigenvalue weighted by atomic mass is 10.1. The molecule has 0 bridgehead atoms. The van der Waals surface area contributed by atoms with E-state index in [0.717, 1.165) is 5.69 Å². The molecule has 2 aromatic carbocycles. The molecule has 8 heteroatoms. The summed E-state index contributed by atoms with van der Waals surface area (Å²) < 4.78 is 42.4. The van der Waals surface area contributed by atoms with Crippen LogP contribution in [0.15, 0.2) is 54.6 Å². The first-order valence-corrected chi connectivity index (χ1v) is 8.94. The minimum Gasteiger partial charge on any atom is -0.406 e. The maximum absolute atomic E-state index is 12.8. The van der Waals surface area contributed by atoms with Crippen LogP contribution in [0.2, 0.25) is 0 Å². The van der Waals surface area contributed by atoms with Crippen molar-refractivity contribution in [2.75, 3.05) is 0 Å². The van der Waals surface area contributed by atoms with E-state index in [1.54, 1.807) is 18.5 Å². The van der Waals surface area contributed by atoms with Gasteiger partial charge < -0.3 is 10.1 Å². The molecule has 0 aliphatic rings. The molecule has 3 rings (SSSR count). The first kappa shape index (κ1) is 20.4. The molecule has 29 heavy (non-hydrogen) atoms. The number of aryl methyl sites for hydroxylation is 1. The summed E-state index contributed by atoms with van der Waals surface area (Å²) in [6, 6.07) is 14.5. The van der Waals surface area contributed by atoms with Crippen molar-refractivity contribution in [1.82, 2.24) is 15.1 Å². The van der Waals surface area contributed by atoms with Gasteiger partial charge in [-0.25, -0.2) is 4.68 Å². The van der Waals surface area contributed by atoms with E-state index in [-0.39, 0.29) is 11.7 Å². The van der Waals surface area contributed by atoms with Gasteiger partial charge in [-0.1, -0.05) is 30.3 Å². The Morgan fingerprint density at radius 3 is 2.28 bits per heavy atom. The average molecular weight is 403 g/mol. The van der Waals surface area contributed by atoms with E-state index < -0.39 is 12.4 Å². The molecule has 152 valence electrons. The fourth-order valence-corrected chi connectivity index (χ4v) is 3.10. The molecule has 0 aliphatic carbocycles. The Morgan fingerprint density at radius 2 is 1.69 bits per heavy atom. The van der Waals surface area contributed by atoms with E-state index in [1.165, 1.54) is 24.3 Å². The zero-order valence-electron chi connectivity index (χ0n) is 16.1. The first-order valence-electron chi connectivity index (χ1n) is 8.94. The van der Waals surface area contributed by atoms with Crippen molar-refractivity contribution in [2.24, 2.45) is 0 Å².